The Morgan fingerprint density at radius 3 is 2.80 bits per heavy atom. The van der Waals surface area contributed by atoms with Gasteiger partial charge < -0.3 is 9.73 Å². The van der Waals surface area contributed by atoms with E-state index >= 15 is 0 Å². The molecule has 1 aromatic heterocycles. The molecule has 0 spiro atoms. The molecule has 0 unspecified atom stereocenters. The van der Waals surface area contributed by atoms with E-state index in [2.05, 4.69) is 5.32 Å². The van der Waals surface area contributed by atoms with Crippen molar-refractivity contribution < 1.29 is 14.1 Å². The first kappa shape index (κ1) is 16.7. The van der Waals surface area contributed by atoms with Crippen molar-refractivity contribution in [3.8, 4) is 0 Å². The Balaban J connectivity index is 1.71. The van der Waals surface area contributed by atoms with Gasteiger partial charge in [-0.3, -0.25) is 19.5 Å². The number of aryl methyl sites for hydroxylation is 1. The highest BCUT2D eigenvalue weighted by Crippen LogP contribution is 2.27. The predicted octanol–water partition coefficient (Wildman–Crippen LogP) is 3.18. The van der Waals surface area contributed by atoms with Crippen LogP contribution in [-0.2, 0) is 11.3 Å². The van der Waals surface area contributed by atoms with E-state index in [-0.39, 0.29) is 29.4 Å². The molecule has 25 heavy (non-hydrogen) atoms. The number of fused-ring (bicyclic) bond motifs is 1. The van der Waals surface area contributed by atoms with Crippen LogP contribution in [-0.4, -0.2) is 15.4 Å². The van der Waals surface area contributed by atoms with Gasteiger partial charge in [-0.15, -0.1) is 0 Å². The third kappa shape index (κ3) is 3.53. The van der Waals surface area contributed by atoms with Crippen LogP contribution in [0.15, 0.2) is 51.7 Å². The van der Waals surface area contributed by atoms with Gasteiger partial charge in [0.15, 0.2) is 5.58 Å². The van der Waals surface area contributed by atoms with Crippen LogP contribution in [0.2, 0.25) is 5.02 Å². The summed E-state index contributed by atoms with van der Waals surface area (Å²) in [5, 5.41) is 13.4. The first-order valence-electron chi connectivity index (χ1n) is 7.28. The molecule has 0 aliphatic rings. The number of nitro groups is 1. The summed E-state index contributed by atoms with van der Waals surface area (Å²) in [5.74, 6) is -0.940. The quantitative estimate of drug-likeness (QED) is 0.554. The lowest BCUT2D eigenvalue weighted by Gasteiger charge is -2.06. The topological polar surface area (TPSA) is 107 Å². The summed E-state index contributed by atoms with van der Waals surface area (Å²) >= 11 is 5.73. The highest BCUT2D eigenvalue weighted by Gasteiger charge is 2.15. The Hall–Kier alpha value is -3.13. The van der Waals surface area contributed by atoms with E-state index in [0.717, 1.165) is 0 Å². The van der Waals surface area contributed by atoms with E-state index in [0.29, 0.717) is 11.1 Å². The normalized spacial score (nSPS) is 10.8. The van der Waals surface area contributed by atoms with E-state index in [1.807, 2.05) is 0 Å². The van der Waals surface area contributed by atoms with Crippen molar-refractivity contribution in [1.29, 1.82) is 0 Å². The standard InChI is InChI=1S/C16H12ClN3O5/c17-11-6-5-10(9-13(11)20(23)24)18-15(21)7-8-19-12-3-1-2-4-14(12)25-16(19)22/h1-6,9H,7-8H2,(H,18,21). The molecule has 0 saturated carbocycles. The smallest absolute Gasteiger partial charge is 0.408 e. The SMILES string of the molecule is O=C(CCn1c(=O)oc2ccccc21)Nc1ccc(Cl)c([N+](=O)[O-])c1. The molecule has 0 aliphatic carbocycles. The first-order chi connectivity index (χ1) is 12.0. The number of hydrogen-bond donors (Lipinski definition) is 1. The summed E-state index contributed by atoms with van der Waals surface area (Å²) in [5.41, 5.74) is 1.01. The molecule has 0 bridgehead atoms. The number of amides is 1. The lowest BCUT2D eigenvalue weighted by Crippen LogP contribution is -2.19. The van der Waals surface area contributed by atoms with Crippen molar-refractivity contribution in [2.24, 2.45) is 0 Å². The minimum Gasteiger partial charge on any atom is -0.408 e. The number of nitro benzene ring substituents is 1. The highest BCUT2D eigenvalue weighted by atomic mass is 35.5. The molecule has 2 aromatic carbocycles. The number of rotatable bonds is 5. The van der Waals surface area contributed by atoms with Crippen molar-refractivity contribution in [2.75, 3.05) is 5.32 Å². The second kappa shape index (κ2) is 6.78. The van der Waals surface area contributed by atoms with Crippen LogP contribution in [0.3, 0.4) is 0 Å². The van der Waals surface area contributed by atoms with Crippen LogP contribution >= 0.6 is 11.6 Å². The number of para-hydroxylation sites is 2. The molecule has 0 saturated heterocycles. The maximum atomic E-state index is 12.1. The molecule has 0 radical (unpaired) electrons. The number of nitrogens with zero attached hydrogens (tertiary/aromatic N) is 2. The van der Waals surface area contributed by atoms with Gasteiger partial charge in [0.05, 0.1) is 10.4 Å². The van der Waals surface area contributed by atoms with Crippen LogP contribution in [0, 0.1) is 10.1 Å². The van der Waals surface area contributed by atoms with Gasteiger partial charge in [0.2, 0.25) is 5.91 Å². The molecule has 3 aromatic rings. The summed E-state index contributed by atoms with van der Waals surface area (Å²) in [7, 11) is 0. The van der Waals surface area contributed by atoms with E-state index in [1.165, 1.54) is 22.8 Å². The Bertz CT molecular complexity index is 1020. The second-order valence-corrected chi connectivity index (χ2v) is 5.62. The molecule has 9 heteroatoms. The fourth-order valence-electron chi connectivity index (χ4n) is 2.39. The van der Waals surface area contributed by atoms with Crippen molar-refractivity contribution in [2.45, 2.75) is 13.0 Å². The van der Waals surface area contributed by atoms with Crippen molar-refractivity contribution in [3.63, 3.8) is 0 Å². The third-order valence-electron chi connectivity index (χ3n) is 3.56. The number of carbonyl (C=O) groups excluding carboxylic acids is 1. The van der Waals surface area contributed by atoms with Gasteiger partial charge in [-0.25, -0.2) is 4.79 Å². The second-order valence-electron chi connectivity index (χ2n) is 5.21. The van der Waals surface area contributed by atoms with E-state index < -0.39 is 16.6 Å². The molecule has 1 N–H and O–H groups in total. The van der Waals surface area contributed by atoms with Gasteiger partial charge in [-0.05, 0) is 24.3 Å². The maximum Gasteiger partial charge on any atom is 0.419 e. The zero-order valence-corrected chi connectivity index (χ0v) is 13.5. The van der Waals surface area contributed by atoms with Crippen LogP contribution in [0.5, 0.6) is 0 Å². The lowest BCUT2D eigenvalue weighted by molar-refractivity contribution is -0.384. The van der Waals surface area contributed by atoms with Crippen LogP contribution in [0.4, 0.5) is 11.4 Å². The molecule has 1 heterocycles. The van der Waals surface area contributed by atoms with Crippen LogP contribution in [0.1, 0.15) is 6.42 Å². The van der Waals surface area contributed by atoms with Crippen molar-refractivity contribution >= 4 is 40.0 Å². The number of nitrogens with one attached hydrogen (secondary N) is 1. The summed E-state index contributed by atoms with van der Waals surface area (Å²) in [6.45, 7) is 0.122. The summed E-state index contributed by atoms with van der Waals surface area (Å²) < 4.78 is 6.45. The maximum absolute atomic E-state index is 12.1. The van der Waals surface area contributed by atoms with Crippen LogP contribution < -0.4 is 11.1 Å². The number of aromatic nitrogens is 1. The average molecular weight is 362 g/mol. The molecule has 0 atom stereocenters. The Morgan fingerprint density at radius 1 is 1.28 bits per heavy atom. The Morgan fingerprint density at radius 2 is 2.04 bits per heavy atom. The summed E-state index contributed by atoms with van der Waals surface area (Å²) in [6.07, 6.45) is -0.000141. The summed E-state index contributed by atoms with van der Waals surface area (Å²) in [6, 6.07) is 10.9. The number of halogens is 1. The predicted molar refractivity (Wildman–Crippen MR) is 91.8 cm³/mol. The minimum absolute atomic E-state index is 0.000141. The fourth-order valence-corrected chi connectivity index (χ4v) is 2.58. The molecule has 0 fully saturated rings. The molecule has 1 amide bonds. The van der Waals surface area contributed by atoms with Crippen molar-refractivity contribution in [1.82, 2.24) is 4.57 Å². The van der Waals surface area contributed by atoms with Crippen molar-refractivity contribution in [3.05, 3.63) is 68.2 Å². The number of benzene rings is 2. The molecule has 3 rings (SSSR count). The third-order valence-corrected chi connectivity index (χ3v) is 3.88. The van der Waals surface area contributed by atoms with E-state index in [9.17, 15) is 19.7 Å². The first-order valence-corrected chi connectivity index (χ1v) is 7.65. The number of oxazole rings is 1. The van der Waals surface area contributed by atoms with Gasteiger partial charge >= 0.3 is 5.76 Å². The van der Waals surface area contributed by atoms with Gasteiger partial charge in [0.1, 0.15) is 5.02 Å². The number of hydrogen-bond acceptors (Lipinski definition) is 5. The average Bonchev–Trinajstić information content (AvgIpc) is 2.89. The Kier molecular flexibility index (Phi) is 4.53. The number of carbonyl (C=O) groups is 1. The highest BCUT2D eigenvalue weighted by molar-refractivity contribution is 6.32. The number of anilines is 1. The van der Waals surface area contributed by atoms with Gasteiger partial charge in [0, 0.05) is 24.7 Å². The fraction of sp³-hybridized carbons (Fsp3) is 0.125. The molecule has 8 nitrogen and oxygen atoms in total. The molecular formula is C16H12ClN3O5. The van der Waals surface area contributed by atoms with Gasteiger partial charge in [-0.2, -0.15) is 0 Å². The van der Waals surface area contributed by atoms with Crippen LogP contribution in [0.25, 0.3) is 11.1 Å². The van der Waals surface area contributed by atoms with Gasteiger partial charge in [0.25, 0.3) is 5.69 Å². The molecule has 0 aliphatic heterocycles. The monoisotopic (exact) mass is 361 g/mol. The zero-order chi connectivity index (χ0) is 18.0. The van der Waals surface area contributed by atoms with E-state index in [4.69, 9.17) is 16.0 Å². The minimum atomic E-state index is -0.630. The molecule has 128 valence electrons. The Labute approximate surface area is 145 Å². The zero-order valence-electron chi connectivity index (χ0n) is 12.8. The van der Waals surface area contributed by atoms with E-state index in [1.54, 1.807) is 24.3 Å². The molecular weight excluding hydrogens is 350 g/mol. The lowest BCUT2D eigenvalue weighted by atomic mass is 10.2. The largest absolute Gasteiger partial charge is 0.419 e. The summed E-state index contributed by atoms with van der Waals surface area (Å²) in [4.78, 5) is 34.1. The van der Waals surface area contributed by atoms with Gasteiger partial charge in [-0.1, -0.05) is 23.7 Å².